The third kappa shape index (κ3) is 2.62. The molecule has 0 bridgehead atoms. The molecular weight excluding hydrogens is 202 g/mol. The molecule has 3 N–H and O–H groups in total. The highest BCUT2D eigenvalue weighted by atomic mass is 16.3. The highest BCUT2D eigenvalue weighted by molar-refractivity contribution is 5.04. The minimum absolute atomic E-state index is 0.0187. The van der Waals surface area contributed by atoms with E-state index in [9.17, 15) is 0 Å². The summed E-state index contributed by atoms with van der Waals surface area (Å²) in [6, 6.07) is -0.300. The molecule has 0 spiro atoms. The Balaban J connectivity index is 1.90. The summed E-state index contributed by atoms with van der Waals surface area (Å²) in [6.07, 6.45) is 10.3. The largest absolute Gasteiger partial charge is 0.394 e. The Morgan fingerprint density at radius 3 is 2.94 bits per heavy atom. The zero-order valence-electron chi connectivity index (χ0n) is 9.68. The summed E-state index contributed by atoms with van der Waals surface area (Å²) >= 11 is 0. The summed E-state index contributed by atoms with van der Waals surface area (Å²) in [6.45, 7) is 0.961. The Labute approximate surface area is 96.5 Å². The lowest BCUT2D eigenvalue weighted by Gasteiger charge is -2.14. The van der Waals surface area contributed by atoms with E-state index < -0.39 is 0 Å². The molecule has 1 unspecified atom stereocenters. The molecule has 4 heteroatoms. The molecule has 1 heterocycles. The normalized spacial score (nSPS) is 19.1. The first-order chi connectivity index (χ1) is 7.81. The first-order valence-corrected chi connectivity index (χ1v) is 6.17. The van der Waals surface area contributed by atoms with E-state index in [0.29, 0.717) is 0 Å². The molecule has 0 aliphatic heterocycles. The van der Waals surface area contributed by atoms with E-state index in [1.807, 2.05) is 6.33 Å². The van der Waals surface area contributed by atoms with Crippen molar-refractivity contribution in [3.05, 3.63) is 18.2 Å². The van der Waals surface area contributed by atoms with Crippen LogP contribution < -0.4 is 5.73 Å². The summed E-state index contributed by atoms with van der Waals surface area (Å²) in [5.74, 6) is 0.876. The Bertz CT molecular complexity index is 318. The molecule has 90 valence electrons. The monoisotopic (exact) mass is 223 g/mol. The predicted molar refractivity (Wildman–Crippen MR) is 62.8 cm³/mol. The number of hydrogen-bond donors (Lipinski definition) is 2. The second-order valence-electron chi connectivity index (χ2n) is 4.74. The van der Waals surface area contributed by atoms with Gasteiger partial charge in [0.2, 0.25) is 0 Å². The van der Waals surface area contributed by atoms with Gasteiger partial charge in [0.25, 0.3) is 0 Å². The quantitative estimate of drug-likeness (QED) is 0.794. The van der Waals surface area contributed by atoms with Gasteiger partial charge in [0, 0.05) is 12.7 Å². The van der Waals surface area contributed by atoms with Crippen LogP contribution in [0.5, 0.6) is 0 Å². The van der Waals surface area contributed by atoms with E-state index >= 15 is 0 Å². The third-order valence-corrected chi connectivity index (χ3v) is 3.57. The van der Waals surface area contributed by atoms with E-state index in [1.54, 1.807) is 6.20 Å². The summed E-state index contributed by atoms with van der Waals surface area (Å²) in [7, 11) is 0. The van der Waals surface area contributed by atoms with Crippen LogP contribution >= 0.6 is 0 Å². The highest BCUT2D eigenvalue weighted by Crippen LogP contribution is 2.28. The van der Waals surface area contributed by atoms with Crippen LogP contribution in [-0.4, -0.2) is 21.3 Å². The highest BCUT2D eigenvalue weighted by Gasteiger charge is 2.16. The van der Waals surface area contributed by atoms with Crippen molar-refractivity contribution in [1.82, 2.24) is 9.55 Å². The van der Waals surface area contributed by atoms with Crippen molar-refractivity contribution in [2.24, 2.45) is 11.7 Å². The third-order valence-electron chi connectivity index (χ3n) is 3.57. The van der Waals surface area contributed by atoms with Gasteiger partial charge < -0.3 is 15.4 Å². The fourth-order valence-electron chi connectivity index (χ4n) is 2.54. The number of rotatable bonds is 5. The van der Waals surface area contributed by atoms with Crippen molar-refractivity contribution >= 4 is 0 Å². The lowest BCUT2D eigenvalue weighted by Crippen LogP contribution is -2.19. The van der Waals surface area contributed by atoms with E-state index in [4.69, 9.17) is 10.8 Å². The number of aliphatic hydroxyl groups excluding tert-OH is 1. The summed E-state index contributed by atoms with van der Waals surface area (Å²) in [5, 5.41) is 9.04. The van der Waals surface area contributed by atoms with Crippen molar-refractivity contribution in [2.75, 3.05) is 6.61 Å². The second kappa shape index (κ2) is 5.46. The van der Waals surface area contributed by atoms with Crippen LogP contribution in [0.1, 0.15) is 43.8 Å². The van der Waals surface area contributed by atoms with Gasteiger partial charge in [-0.3, -0.25) is 0 Å². The molecule has 0 aromatic carbocycles. The average Bonchev–Trinajstić information content (AvgIpc) is 2.96. The fraction of sp³-hybridized carbons (Fsp3) is 0.750. The Morgan fingerprint density at radius 1 is 1.50 bits per heavy atom. The molecule has 1 atom stereocenters. The Hall–Kier alpha value is -0.870. The number of nitrogens with two attached hydrogens (primary N) is 1. The van der Waals surface area contributed by atoms with Gasteiger partial charge in [-0.15, -0.1) is 0 Å². The second-order valence-corrected chi connectivity index (χ2v) is 4.74. The first-order valence-electron chi connectivity index (χ1n) is 6.17. The minimum Gasteiger partial charge on any atom is -0.394 e. The molecule has 1 aromatic rings. The van der Waals surface area contributed by atoms with Crippen LogP contribution in [0.25, 0.3) is 0 Å². The van der Waals surface area contributed by atoms with Gasteiger partial charge in [-0.05, 0) is 12.3 Å². The van der Waals surface area contributed by atoms with Gasteiger partial charge in [-0.1, -0.05) is 25.7 Å². The van der Waals surface area contributed by atoms with Crippen molar-refractivity contribution in [2.45, 2.75) is 44.7 Å². The maximum atomic E-state index is 9.04. The number of aryl methyl sites for hydroxylation is 1. The van der Waals surface area contributed by atoms with Gasteiger partial charge in [-0.25, -0.2) is 4.98 Å². The number of aromatic nitrogens is 2. The van der Waals surface area contributed by atoms with E-state index in [1.165, 1.54) is 32.1 Å². The number of hydrogen-bond acceptors (Lipinski definition) is 3. The van der Waals surface area contributed by atoms with Gasteiger partial charge in [-0.2, -0.15) is 0 Å². The molecule has 16 heavy (non-hydrogen) atoms. The lowest BCUT2D eigenvalue weighted by molar-refractivity contribution is 0.262. The molecule has 1 aromatic heterocycles. The lowest BCUT2D eigenvalue weighted by atomic mass is 10.0. The van der Waals surface area contributed by atoms with E-state index in [-0.39, 0.29) is 12.6 Å². The summed E-state index contributed by atoms with van der Waals surface area (Å²) in [4.78, 5) is 4.11. The molecule has 0 saturated heterocycles. The van der Waals surface area contributed by atoms with Crippen LogP contribution in [0.4, 0.5) is 0 Å². The van der Waals surface area contributed by atoms with Gasteiger partial charge >= 0.3 is 0 Å². The summed E-state index contributed by atoms with van der Waals surface area (Å²) in [5.41, 5.74) is 6.76. The molecule has 1 fully saturated rings. The van der Waals surface area contributed by atoms with E-state index in [2.05, 4.69) is 9.55 Å². The summed E-state index contributed by atoms with van der Waals surface area (Å²) < 4.78 is 2.08. The van der Waals surface area contributed by atoms with Crippen molar-refractivity contribution < 1.29 is 5.11 Å². The maximum absolute atomic E-state index is 9.04. The number of imidazole rings is 1. The molecule has 1 aliphatic rings. The SMILES string of the molecule is NC(CO)c1cncn1CCC1CCCC1. The Morgan fingerprint density at radius 2 is 2.25 bits per heavy atom. The standard InChI is InChI=1S/C12H21N3O/c13-11(8-16)12-7-14-9-15(12)6-5-10-3-1-2-4-10/h7,9-11,16H,1-6,8,13H2. The fourth-order valence-corrected chi connectivity index (χ4v) is 2.54. The minimum atomic E-state index is -0.300. The van der Waals surface area contributed by atoms with Crippen LogP contribution in [0.3, 0.4) is 0 Å². The van der Waals surface area contributed by atoms with Crippen LogP contribution in [0.15, 0.2) is 12.5 Å². The molecule has 2 rings (SSSR count). The smallest absolute Gasteiger partial charge is 0.0948 e. The van der Waals surface area contributed by atoms with Crippen molar-refractivity contribution in [3.63, 3.8) is 0 Å². The van der Waals surface area contributed by atoms with Gasteiger partial charge in [0.15, 0.2) is 0 Å². The van der Waals surface area contributed by atoms with Gasteiger partial charge in [0.05, 0.1) is 24.7 Å². The van der Waals surface area contributed by atoms with Crippen LogP contribution in [0.2, 0.25) is 0 Å². The molecular formula is C12H21N3O. The van der Waals surface area contributed by atoms with Crippen LogP contribution in [0, 0.1) is 5.92 Å². The Kier molecular flexibility index (Phi) is 3.96. The van der Waals surface area contributed by atoms with Gasteiger partial charge in [0.1, 0.15) is 0 Å². The zero-order valence-corrected chi connectivity index (χ0v) is 9.68. The molecule has 0 amide bonds. The van der Waals surface area contributed by atoms with Crippen molar-refractivity contribution in [3.8, 4) is 0 Å². The molecule has 0 radical (unpaired) electrons. The molecule has 1 saturated carbocycles. The first kappa shape index (κ1) is 11.6. The van der Waals surface area contributed by atoms with Crippen molar-refractivity contribution in [1.29, 1.82) is 0 Å². The molecule has 1 aliphatic carbocycles. The average molecular weight is 223 g/mol. The van der Waals surface area contributed by atoms with E-state index in [0.717, 1.165) is 18.2 Å². The number of aliphatic hydroxyl groups is 1. The van der Waals surface area contributed by atoms with Crippen LogP contribution in [-0.2, 0) is 6.54 Å². The molecule has 4 nitrogen and oxygen atoms in total. The zero-order chi connectivity index (χ0) is 11.4. The predicted octanol–water partition coefficient (Wildman–Crippen LogP) is 1.46. The maximum Gasteiger partial charge on any atom is 0.0948 e. The number of nitrogens with zero attached hydrogens (tertiary/aromatic N) is 2. The topological polar surface area (TPSA) is 64.1 Å².